The molecule has 1 aliphatic heterocycles. The van der Waals surface area contributed by atoms with Crippen molar-refractivity contribution in [2.45, 2.75) is 43.7 Å². The predicted molar refractivity (Wildman–Crippen MR) is 80.3 cm³/mol. The number of alkyl halides is 6. The van der Waals surface area contributed by atoms with Crippen molar-refractivity contribution in [2.24, 2.45) is 5.92 Å². The van der Waals surface area contributed by atoms with E-state index < -0.39 is 41.4 Å². The number of pyridine rings is 1. The number of nitriles is 1. The van der Waals surface area contributed by atoms with Gasteiger partial charge >= 0.3 is 12.4 Å². The lowest BCUT2D eigenvalue weighted by Crippen LogP contribution is -2.51. The Morgan fingerprint density at radius 1 is 1.22 bits per heavy atom. The Hall–Kier alpha value is -2.51. The Morgan fingerprint density at radius 2 is 1.93 bits per heavy atom. The van der Waals surface area contributed by atoms with Crippen molar-refractivity contribution in [3.8, 4) is 6.07 Å². The van der Waals surface area contributed by atoms with Gasteiger partial charge in [-0.1, -0.05) is 0 Å². The van der Waals surface area contributed by atoms with E-state index in [2.05, 4.69) is 10.3 Å². The number of fused-ring (bicyclic) bond motifs is 2. The van der Waals surface area contributed by atoms with Crippen LogP contribution in [-0.4, -0.2) is 29.5 Å². The van der Waals surface area contributed by atoms with Crippen molar-refractivity contribution in [1.29, 1.82) is 5.26 Å². The maximum atomic E-state index is 13.1. The van der Waals surface area contributed by atoms with Crippen LogP contribution < -0.4 is 10.2 Å². The Balaban J connectivity index is 2.05. The number of carbonyl (C=O) groups excluding carboxylic acids is 1. The summed E-state index contributed by atoms with van der Waals surface area (Å²) in [5, 5.41) is 10.9. The second-order valence-corrected chi connectivity index (χ2v) is 6.55. The first-order valence-corrected chi connectivity index (χ1v) is 8.12. The van der Waals surface area contributed by atoms with E-state index in [1.54, 1.807) is 6.07 Å². The lowest BCUT2D eigenvalue weighted by molar-refractivity contribution is -0.145. The molecule has 0 aromatic carbocycles. The van der Waals surface area contributed by atoms with Gasteiger partial charge in [-0.25, -0.2) is 4.98 Å². The molecule has 2 bridgehead atoms. The summed E-state index contributed by atoms with van der Waals surface area (Å²) < 4.78 is 78.5. The number of rotatable bonds is 3. The van der Waals surface area contributed by atoms with Crippen molar-refractivity contribution in [3.63, 3.8) is 0 Å². The third kappa shape index (κ3) is 3.65. The number of nitrogens with zero attached hydrogens (tertiary/aromatic N) is 3. The van der Waals surface area contributed by atoms with Gasteiger partial charge in [-0.2, -0.15) is 31.6 Å². The van der Waals surface area contributed by atoms with Gasteiger partial charge in [-0.05, 0) is 37.3 Å². The van der Waals surface area contributed by atoms with E-state index in [1.807, 2.05) is 0 Å². The van der Waals surface area contributed by atoms with Crippen molar-refractivity contribution < 1.29 is 31.1 Å². The van der Waals surface area contributed by atoms with Gasteiger partial charge in [0, 0.05) is 6.04 Å². The summed E-state index contributed by atoms with van der Waals surface area (Å²) in [5.41, 5.74) is -3.13. The third-order valence-electron chi connectivity index (χ3n) is 4.89. The lowest BCUT2D eigenvalue weighted by atomic mass is 9.97. The molecule has 146 valence electrons. The highest BCUT2D eigenvalue weighted by molar-refractivity contribution is 5.86. The van der Waals surface area contributed by atoms with Crippen LogP contribution in [0.1, 0.15) is 30.5 Å². The largest absolute Gasteiger partial charge is 0.433 e. The molecular formula is C16H14F6N4O. The molecule has 3 rings (SSSR count). The molecular weight excluding hydrogens is 378 g/mol. The van der Waals surface area contributed by atoms with Crippen molar-refractivity contribution in [2.75, 3.05) is 11.4 Å². The molecule has 1 amide bonds. The second kappa shape index (κ2) is 6.58. The molecule has 0 spiro atoms. The standard InChI is InChI=1S/C16H14F6N4O/c17-15(18,19)9-6-11(16(20,21)22)25-12(7-9)26-10-2-1-8(5-10)13(26)14(27)24-4-3-23/h6-8,10,13H,1-2,4-5H2,(H,24,27)/t8-,10+,13-/m0/s1. The van der Waals surface area contributed by atoms with Crippen LogP contribution in [0.25, 0.3) is 0 Å². The second-order valence-electron chi connectivity index (χ2n) is 6.55. The Kier molecular flexibility index (Phi) is 4.69. The molecule has 0 radical (unpaired) electrons. The highest BCUT2D eigenvalue weighted by Gasteiger charge is 2.50. The van der Waals surface area contributed by atoms with E-state index in [1.165, 1.54) is 4.90 Å². The van der Waals surface area contributed by atoms with Gasteiger partial charge < -0.3 is 10.2 Å². The normalized spacial score (nSPS) is 24.8. The minimum Gasteiger partial charge on any atom is -0.341 e. The number of anilines is 1. The molecule has 1 aromatic rings. The average Bonchev–Trinajstić information content (AvgIpc) is 3.18. The van der Waals surface area contributed by atoms with E-state index in [-0.39, 0.29) is 24.6 Å². The Bertz CT molecular complexity index is 752. The molecule has 1 aliphatic carbocycles. The average molecular weight is 392 g/mol. The molecule has 3 atom stereocenters. The van der Waals surface area contributed by atoms with Crippen LogP contribution in [0.5, 0.6) is 0 Å². The molecule has 2 heterocycles. The number of nitrogens with one attached hydrogen (secondary N) is 1. The minimum absolute atomic E-state index is 0.0391. The Morgan fingerprint density at radius 3 is 2.52 bits per heavy atom. The number of halogens is 6. The van der Waals surface area contributed by atoms with Crippen LogP contribution in [0.4, 0.5) is 32.2 Å². The lowest BCUT2D eigenvalue weighted by Gasteiger charge is -2.35. The van der Waals surface area contributed by atoms with E-state index in [4.69, 9.17) is 5.26 Å². The summed E-state index contributed by atoms with van der Waals surface area (Å²) >= 11 is 0. The van der Waals surface area contributed by atoms with E-state index in [9.17, 15) is 31.1 Å². The molecule has 2 fully saturated rings. The number of aromatic nitrogens is 1. The van der Waals surface area contributed by atoms with E-state index in [0.717, 1.165) is 0 Å². The first kappa shape index (κ1) is 19.3. The SMILES string of the molecule is N#CCNC(=O)[C@@H]1[C@H]2CC[C@H](C2)N1c1cc(C(F)(F)F)cc(C(F)(F)F)n1. The molecule has 5 nitrogen and oxygen atoms in total. The minimum atomic E-state index is -5.06. The van der Waals surface area contributed by atoms with Crippen LogP contribution in [0.3, 0.4) is 0 Å². The first-order chi connectivity index (χ1) is 12.5. The van der Waals surface area contributed by atoms with Gasteiger partial charge in [0.25, 0.3) is 0 Å². The van der Waals surface area contributed by atoms with Crippen LogP contribution >= 0.6 is 0 Å². The fraction of sp³-hybridized carbons (Fsp3) is 0.562. The van der Waals surface area contributed by atoms with Crippen LogP contribution in [0.2, 0.25) is 0 Å². The highest BCUT2D eigenvalue weighted by atomic mass is 19.4. The Labute approximate surface area is 150 Å². The van der Waals surface area contributed by atoms with Crippen molar-refractivity contribution in [1.82, 2.24) is 10.3 Å². The maximum absolute atomic E-state index is 13.1. The predicted octanol–water partition coefficient (Wildman–Crippen LogP) is 3.12. The van der Waals surface area contributed by atoms with Crippen molar-refractivity contribution in [3.05, 3.63) is 23.4 Å². The summed E-state index contributed by atoms with van der Waals surface area (Å²) in [6.07, 6.45) is -8.39. The summed E-state index contributed by atoms with van der Waals surface area (Å²) in [6.45, 7) is -0.301. The molecule has 11 heteroatoms. The smallest absolute Gasteiger partial charge is 0.341 e. The zero-order chi connectivity index (χ0) is 20.0. The zero-order valence-corrected chi connectivity index (χ0v) is 13.7. The molecule has 1 aromatic heterocycles. The van der Waals surface area contributed by atoms with Gasteiger partial charge in [-0.15, -0.1) is 0 Å². The fourth-order valence-corrected chi connectivity index (χ4v) is 3.84. The summed E-state index contributed by atoms with van der Waals surface area (Å²) in [4.78, 5) is 17.0. The number of amides is 1. The van der Waals surface area contributed by atoms with Gasteiger partial charge in [0.15, 0.2) is 0 Å². The topological polar surface area (TPSA) is 69.0 Å². The summed E-state index contributed by atoms with van der Waals surface area (Å²) in [5.74, 6) is -1.34. The molecule has 1 N–H and O–H groups in total. The number of hydrogen-bond acceptors (Lipinski definition) is 4. The molecule has 0 unspecified atom stereocenters. The molecule has 2 aliphatic rings. The molecule has 1 saturated carbocycles. The number of hydrogen-bond donors (Lipinski definition) is 1. The van der Waals surface area contributed by atoms with Gasteiger partial charge in [0.2, 0.25) is 5.91 Å². The van der Waals surface area contributed by atoms with E-state index in [0.29, 0.717) is 25.3 Å². The van der Waals surface area contributed by atoms with E-state index >= 15 is 0 Å². The third-order valence-corrected chi connectivity index (χ3v) is 4.89. The first-order valence-electron chi connectivity index (χ1n) is 8.12. The molecule has 27 heavy (non-hydrogen) atoms. The van der Waals surface area contributed by atoms with Gasteiger partial charge in [0.05, 0.1) is 11.6 Å². The summed E-state index contributed by atoms with van der Waals surface area (Å²) in [7, 11) is 0. The zero-order valence-electron chi connectivity index (χ0n) is 13.7. The van der Waals surface area contributed by atoms with Gasteiger partial charge in [-0.3, -0.25) is 4.79 Å². The monoisotopic (exact) mass is 392 g/mol. The molecule has 1 saturated heterocycles. The van der Waals surface area contributed by atoms with Gasteiger partial charge in [0.1, 0.15) is 24.1 Å². The quantitative estimate of drug-likeness (QED) is 0.634. The maximum Gasteiger partial charge on any atom is 0.433 e. The highest BCUT2D eigenvalue weighted by Crippen LogP contribution is 2.46. The van der Waals surface area contributed by atoms with Crippen LogP contribution in [-0.2, 0) is 17.1 Å². The number of piperidine rings is 1. The summed E-state index contributed by atoms with van der Waals surface area (Å²) in [6, 6.07) is 0.898. The van der Waals surface area contributed by atoms with Crippen LogP contribution in [0, 0.1) is 17.2 Å². The fourth-order valence-electron chi connectivity index (χ4n) is 3.84. The van der Waals surface area contributed by atoms with Crippen LogP contribution in [0.15, 0.2) is 12.1 Å². The number of carbonyl (C=O) groups is 1. The van der Waals surface area contributed by atoms with Crippen molar-refractivity contribution >= 4 is 11.7 Å².